The van der Waals surface area contributed by atoms with Gasteiger partial charge in [0.2, 0.25) is 5.91 Å². The standard InChI is InChI=1S/C14H20N2OS/c1-10(13-5-3-9-18-13)16-8-2-4-12(14(16)17)15-11-6-7-11/h3,5,9-12,15H,2,4,6-8H2,1H3. The SMILES string of the molecule is CC(c1cccs1)N1CCCC(NC2CC2)C1=O. The molecule has 2 fully saturated rings. The van der Waals surface area contributed by atoms with Gasteiger partial charge >= 0.3 is 0 Å². The first-order valence-corrected chi connectivity index (χ1v) is 7.73. The molecule has 3 nitrogen and oxygen atoms in total. The third kappa shape index (κ3) is 2.45. The first-order valence-electron chi connectivity index (χ1n) is 6.85. The predicted octanol–water partition coefficient (Wildman–Crippen LogP) is 2.55. The van der Waals surface area contributed by atoms with E-state index in [1.807, 2.05) is 0 Å². The molecule has 98 valence electrons. The maximum Gasteiger partial charge on any atom is 0.240 e. The summed E-state index contributed by atoms with van der Waals surface area (Å²) in [5.41, 5.74) is 0. The minimum Gasteiger partial charge on any atom is -0.334 e. The van der Waals surface area contributed by atoms with Crippen molar-refractivity contribution in [2.75, 3.05) is 6.54 Å². The molecule has 1 aliphatic heterocycles. The van der Waals surface area contributed by atoms with Crippen LogP contribution in [0.1, 0.15) is 43.5 Å². The van der Waals surface area contributed by atoms with Crippen molar-refractivity contribution in [1.82, 2.24) is 10.2 Å². The lowest BCUT2D eigenvalue weighted by molar-refractivity contribution is -0.138. The van der Waals surface area contributed by atoms with Gasteiger partial charge < -0.3 is 10.2 Å². The number of carbonyl (C=O) groups is 1. The molecule has 2 aliphatic rings. The lowest BCUT2D eigenvalue weighted by Crippen LogP contribution is -2.51. The Hall–Kier alpha value is -0.870. The van der Waals surface area contributed by atoms with E-state index < -0.39 is 0 Å². The van der Waals surface area contributed by atoms with Crippen LogP contribution in [0.4, 0.5) is 0 Å². The van der Waals surface area contributed by atoms with Gasteiger partial charge in [0, 0.05) is 17.5 Å². The summed E-state index contributed by atoms with van der Waals surface area (Å²) in [4.78, 5) is 15.8. The molecule has 1 saturated carbocycles. The highest BCUT2D eigenvalue weighted by Crippen LogP contribution is 2.29. The molecule has 2 unspecified atom stereocenters. The van der Waals surface area contributed by atoms with Gasteiger partial charge in [0.1, 0.15) is 0 Å². The molecule has 2 heterocycles. The van der Waals surface area contributed by atoms with E-state index in [1.165, 1.54) is 17.7 Å². The Morgan fingerprint density at radius 1 is 1.44 bits per heavy atom. The van der Waals surface area contributed by atoms with Crippen molar-refractivity contribution < 1.29 is 4.79 Å². The number of piperidine rings is 1. The average Bonchev–Trinajstić information content (AvgIpc) is 3.02. The summed E-state index contributed by atoms with van der Waals surface area (Å²) in [6.45, 7) is 3.05. The van der Waals surface area contributed by atoms with E-state index >= 15 is 0 Å². The van der Waals surface area contributed by atoms with Crippen molar-refractivity contribution >= 4 is 17.2 Å². The van der Waals surface area contributed by atoms with Gasteiger partial charge in [-0.1, -0.05) is 6.07 Å². The third-order valence-electron chi connectivity index (χ3n) is 3.91. The van der Waals surface area contributed by atoms with Crippen molar-refractivity contribution in [2.24, 2.45) is 0 Å². The molecule has 0 bridgehead atoms. The number of thiophene rings is 1. The number of hydrogen-bond donors (Lipinski definition) is 1. The molecule has 2 atom stereocenters. The van der Waals surface area contributed by atoms with Crippen LogP contribution < -0.4 is 5.32 Å². The highest BCUT2D eigenvalue weighted by Gasteiger charge is 2.35. The van der Waals surface area contributed by atoms with Crippen molar-refractivity contribution in [3.05, 3.63) is 22.4 Å². The van der Waals surface area contributed by atoms with Crippen LogP contribution in [-0.4, -0.2) is 29.4 Å². The molecule has 3 rings (SSSR count). The van der Waals surface area contributed by atoms with Crippen molar-refractivity contribution in [3.63, 3.8) is 0 Å². The molecule has 1 aromatic heterocycles. The molecular weight excluding hydrogens is 244 g/mol. The number of likely N-dealkylation sites (tertiary alicyclic amines) is 1. The number of hydrogen-bond acceptors (Lipinski definition) is 3. The first-order chi connectivity index (χ1) is 8.75. The molecule has 0 radical (unpaired) electrons. The van der Waals surface area contributed by atoms with E-state index in [1.54, 1.807) is 11.3 Å². The van der Waals surface area contributed by atoms with Gasteiger partial charge in [-0.25, -0.2) is 0 Å². The monoisotopic (exact) mass is 264 g/mol. The molecule has 0 spiro atoms. The van der Waals surface area contributed by atoms with Gasteiger partial charge in [-0.15, -0.1) is 11.3 Å². The van der Waals surface area contributed by atoms with Crippen LogP contribution in [0.3, 0.4) is 0 Å². The maximum atomic E-state index is 12.5. The second-order valence-electron chi connectivity index (χ2n) is 5.36. The maximum absolute atomic E-state index is 12.5. The summed E-state index contributed by atoms with van der Waals surface area (Å²) in [5, 5.41) is 5.57. The summed E-state index contributed by atoms with van der Waals surface area (Å²) in [6.07, 6.45) is 4.60. The largest absolute Gasteiger partial charge is 0.334 e. The van der Waals surface area contributed by atoms with Gasteiger partial charge in [-0.2, -0.15) is 0 Å². The fourth-order valence-corrected chi connectivity index (χ4v) is 3.45. The number of amides is 1. The lowest BCUT2D eigenvalue weighted by Gasteiger charge is -2.36. The summed E-state index contributed by atoms with van der Waals surface area (Å²) < 4.78 is 0. The normalized spacial score (nSPS) is 26.4. The summed E-state index contributed by atoms with van der Waals surface area (Å²) >= 11 is 1.74. The Morgan fingerprint density at radius 2 is 2.28 bits per heavy atom. The lowest BCUT2D eigenvalue weighted by atomic mass is 10.0. The van der Waals surface area contributed by atoms with Gasteiger partial charge in [0.15, 0.2) is 0 Å². The fraction of sp³-hybridized carbons (Fsp3) is 0.643. The zero-order valence-electron chi connectivity index (χ0n) is 10.8. The minimum atomic E-state index is 0.0636. The highest BCUT2D eigenvalue weighted by molar-refractivity contribution is 7.10. The van der Waals surface area contributed by atoms with Crippen LogP contribution in [0.15, 0.2) is 17.5 Å². The third-order valence-corrected chi connectivity index (χ3v) is 4.95. The Balaban J connectivity index is 1.69. The van der Waals surface area contributed by atoms with Crippen molar-refractivity contribution in [3.8, 4) is 0 Å². The molecule has 4 heteroatoms. The Labute approximate surface area is 112 Å². The van der Waals surface area contributed by atoms with E-state index in [9.17, 15) is 4.79 Å². The topological polar surface area (TPSA) is 32.3 Å². The fourth-order valence-electron chi connectivity index (χ4n) is 2.66. The zero-order chi connectivity index (χ0) is 12.5. The Kier molecular flexibility index (Phi) is 3.39. The van der Waals surface area contributed by atoms with E-state index in [-0.39, 0.29) is 12.1 Å². The van der Waals surface area contributed by atoms with Crippen LogP contribution in [0.25, 0.3) is 0 Å². The molecule has 0 aromatic carbocycles. The molecule has 1 aromatic rings. The molecule has 1 amide bonds. The van der Waals surface area contributed by atoms with Gasteiger partial charge in [-0.3, -0.25) is 4.79 Å². The number of carbonyl (C=O) groups excluding carboxylic acids is 1. The molecular formula is C14H20N2OS. The summed E-state index contributed by atoms with van der Waals surface area (Å²) in [6, 6.07) is 5.08. The van der Waals surface area contributed by atoms with E-state index in [0.29, 0.717) is 11.9 Å². The molecule has 1 N–H and O–H groups in total. The second-order valence-corrected chi connectivity index (χ2v) is 6.34. The highest BCUT2D eigenvalue weighted by atomic mass is 32.1. The van der Waals surface area contributed by atoms with Crippen LogP contribution >= 0.6 is 11.3 Å². The average molecular weight is 264 g/mol. The van der Waals surface area contributed by atoms with Gasteiger partial charge in [0.05, 0.1) is 12.1 Å². The van der Waals surface area contributed by atoms with Crippen LogP contribution in [0.2, 0.25) is 0 Å². The van der Waals surface area contributed by atoms with Gasteiger partial charge in [0.25, 0.3) is 0 Å². The van der Waals surface area contributed by atoms with E-state index in [0.717, 1.165) is 19.4 Å². The summed E-state index contributed by atoms with van der Waals surface area (Å²) in [5.74, 6) is 0.300. The molecule has 1 aliphatic carbocycles. The quantitative estimate of drug-likeness (QED) is 0.906. The van der Waals surface area contributed by atoms with Crippen molar-refractivity contribution in [2.45, 2.75) is 50.7 Å². The molecule has 18 heavy (non-hydrogen) atoms. The summed E-state index contributed by atoms with van der Waals surface area (Å²) in [7, 11) is 0. The first kappa shape index (κ1) is 12.2. The molecule has 1 saturated heterocycles. The Morgan fingerprint density at radius 3 is 2.94 bits per heavy atom. The minimum absolute atomic E-state index is 0.0636. The van der Waals surface area contributed by atoms with Crippen LogP contribution in [-0.2, 0) is 4.79 Å². The van der Waals surface area contributed by atoms with Crippen molar-refractivity contribution in [1.29, 1.82) is 0 Å². The van der Waals surface area contributed by atoms with E-state index in [4.69, 9.17) is 0 Å². The van der Waals surface area contributed by atoms with Crippen LogP contribution in [0.5, 0.6) is 0 Å². The number of nitrogens with zero attached hydrogens (tertiary/aromatic N) is 1. The smallest absolute Gasteiger partial charge is 0.240 e. The zero-order valence-corrected chi connectivity index (χ0v) is 11.6. The van der Waals surface area contributed by atoms with E-state index in [2.05, 4.69) is 34.7 Å². The number of nitrogens with one attached hydrogen (secondary N) is 1. The second kappa shape index (κ2) is 5.02. The number of rotatable bonds is 4. The van der Waals surface area contributed by atoms with Crippen LogP contribution in [0, 0.1) is 0 Å². The van der Waals surface area contributed by atoms with Gasteiger partial charge in [-0.05, 0) is 44.1 Å². The Bertz CT molecular complexity index is 413. The predicted molar refractivity (Wildman–Crippen MR) is 73.6 cm³/mol.